The van der Waals surface area contributed by atoms with E-state index in [1.807, 2.05) is 25.1 Å². The van der Waals surface area contributed by atoms with E-state index in [1.54, 1.807) is 6.07 Å². The first-order valence-electron chi connectivity index (χ1n) is 9.74. The average molecular weight is 509 g/mol. The van der Waals surface area contributed by atoms with Crippen LogP contribution in [0.2, 0.25) is 10.0 Å². The number of hydrogen-bond acceptors (Lipinski definition) is 3. The van der Waals surface area contributed by atoms with Gasteiger partial charge >= 0.3 is 0 Å². The summed E-state index contributed by atoms with van der Waals surface area (Å²) in [5, 5.41) is 4.52. The largest absolute Gasteiger partial charge is 0.490 e. The molecule has 6 heteroatoms. The first kappa shape index (κ1) is 23.0. The van der Waals surface area contributed by atoms with E-state index in [1.165, 1.54) is 11.1 Å². The normalized spacial score (nSPS) is 10.8. The number of nitrogens with one attached hydrogen (secondary N) is 1. The molecule has 0 spiro atoms. The molecular weight excluding hydrogens is 485 g/mol. The summed E-state index contributed by atoms with van der Waals surface area (Å²) < 4.78 is 12.7. The van der Waals surface area contributed by atoms with Crippen molar-refractivity contribution in [2.45, 2.75) is 33.5 Å². The summed E-state index contributed by atoms with van der Waals surface area (Å²) in [6.07, 6.45) is 0. The third-order valence-electron chi connectivity index (χ3n) is 4.52. The molecule has 0 fully saturated rings. The van der Waals surface area contributed by atoms with Gasteiger partial charge in [-0.05, 0) is 70.7 Å². The lowest BCUT2D eigenvalue weighted by Gasteiger charge is -2.16. The molecule has 3 nitrogen and oxygen atoms in total. The highest BCUT2D eigenvalue weighted by Gasteiger charge is 2.13. The van der Waals surface area contributed by atoms with Gasteiger partial charge in [-0.2, -0.15) is 0 Å². The minimum Gasteiger partial charge on any atom is -0.490 e. The first-order valence-corrected chi connectivity index (χ1v) is 11.3. The maximum absolute atomic E-state index is 6.10. The van der Waals surface area contributed by atoms with Gasteiger partial charge < -0.3 is 14.8 Å². The molecule has 0 radical (unpaired) electrons. The molecule has 0 aliphatic heterocycles. The molecule has 3 rings (SSSR count). The third-order valence-corrected chi connectivity index (χ3v) is 5.84. The van der Waals surface area contributed by atoms with Crippen LogP contribution in [0.1, 0.15) is 29.2 Å². The molecule has 0 saturated heterocycles. The monoisotopic (exact) mass is 507 g/mol. The molecule has 0 atom stereocenters. The summed E-state index contributed by atoms with van der Waals surface area (Å²) in [6.45, 7) is 6.49. The molecule has 0 unspecified atom stereocenters. The maximum Gasteiger partial charge on any atom is 0.175 e. The van der Waals surface area contributed by atoms with Crippen LogP contribution in [0.5, 0.6) is 11.5 Å². The zero-order valence-corrected chi connectivity index (χ0v) is 20.1. The summed E-state index contributed by atoms with van der Waals surface area (Å²) in [5.74, 6) is 1.38. The van der Waals surface area contributed by atoms with Crippen molar-refractivity contribution in [3.63, 3.8) is 0 Å². The van der Waals surface area contributed by atoms with E-state index < -0.39 is 0 Å². The Bertz CT molecular complexity index is 993. The fourth-order valence-electron chi connectivity index (χ4n) is 2.97. The van der Waals surface area contributed by atoms with E-state index in [0.717, 1.165) is 28.7 Å². The Hall–Kier alpha value is -1.72. The number of halogens is 3. The van der Waals surface area contributed by atoms with Crippen LogP contribution in [0.15, 0.2) is 59.1 Å². The van der Waals surface area contributed by atoms with Crippen molar-refractivity contribution in [3.8, 4) is 11.5 Å². The number of rotatable bonds is 9. The van der Waals surface area contributed by atoms with Gasteiger partial charge in [0.15, 0.2) is 11.5 Å². The lowest BCUT2D eigenvalue weighted by atomic mass is 10.1. The van der Waals surface area contributed by atoms with Crippen LogP contribution in [0, 0.1) is 6.92 Å². The van der Waals surface area contributed by atoms with Gasteiger partial charge in [-0.15, -0.1) is 0 Å². The quantitative estimate of drug-likeness (QED) is 0.328. The van der Waals surface area contributed by atoms with Crippen LogP contribution >= 0.6 is 39.1 Å². The second kappa shape index (κ2) is 11.1. The van der Waals surface area contributed by atoms with Crippen LogP contribution in [0.4, 0.5) is 0 Å². The van der Waals surface area contributed by atoms with Crippen molar-refractivity contribution >= 4 is 39.1 Å². The van der Waals surface area contributed by atoms with Crippen LogP contribution in [0.3, 0.4) is 0 Å². The molecule has 0 amide bonds. The highest BCUT2D eigenvalue weighted by atomic mass is 79.9. The topological polar surface area (TPSA) is 30.5 Å². The smallest absolute Gasteiger partial charge is 0.175 e. The van der Waals surface area contributed by atoms with Crippen molar-refractivity contribution in [3.05, 3.63) is 91.4 Å². The maximum atomic E-state index is 6.10. The van der Waals surface area contributed by atoms with E-state index in [4.69, 9.17) is 32.7 Å². The Kier molecular flexibility index (Phi) is 8.46. The number of hydrogen-bond donors (Lipinski definition) is 1. The highest BCUT2D eigenvalue weighted by Crippen LogP contribution is 2.37. The molecule has 0 heterocycles. The predicted octanol–water partition coefficient (Wildman–Crippen LogP) is 7.33. The molecule has 3 aromatic rings. The van der Waals surface area contributed by atoms with Gasteiger partial charge in [0.05, 0.1) is 21.1 Å². The van der Waals surface area contributed by atoms with E-state index >= 15 is 0 Å². The van der Waals surface area contributed by atoms with Crippen molar-refractivity contribution in [2.75, 3.05) is 6.61 Å². The zero-order chi connectivity index (χ0) is 21.5. The predicted molar refractivity (Wildman–Crippen MR) is 128 cm³/mol. The van der Waals surface area contributed by atoms with E-state index in [9.17, 15) is 0 Å². The zero-order valence-electron chi connectivity index (χ0n) is 17.0. The van der Waals surface area contributed by atoms with Gasteiger partial charge in [0.25, 0.3) is 0 Å². The Morgan fingerprint density at radius 1 is 0.833 bits per heavy atom. The van der Waals surface area contributed by atoms with Crippen LogP contribution in [0.25, 0.3) is 0 Å². The number of ether oxygens (including phenoxy) is 2. The van der Waals surface area contributed by atoms with Gasteiger partial charge in [0.2, 0.25) is 0 Å². The summed E-state index contributed by atoms with van der Waals surface area (Å²) in [6, 6.07) is 18.1. The molecule has 0 aliphatic carbocycles. The SMILES string of the molecule is CCOc1cc(CNCc2ccc(C)cc2)cc(Br)c1OCc1ccc(Cl)c(Cl)c1. The van der Waals surface area contributed by atoms with Crippen molar-refractivity contribution in [2.24, 2.45) is 0 Å². The van der Waals surface area contributed by atoms with Crippen molar-refractivity contribution in [1.82, 2.24) is 5.32 Å². The molecular formula is C24H24BrCl2NO2. The average Bonchev–Trinajstić information content (AvgIpc) is 2.72. The van der Waals surface area contributed by atoms with Gasteiger partial charge in [-0.25, -0.2) is 0 Å². The third kappa shape index (κ3) is 6.39. The van der Waals surface area contributed by atoms with Gasteiger partial charge in [0.1, 0.15) is 6.61 Å². The molecule has 0 bridgehead atoms. The summed E-state index contributed by atoms with van der Waals surface area (Å²) in [4.78, 5) is 0. The lowest BCUT2D eigenvalue weighted by molar-refractivity contribution is 0.267. The van der Waals surface area contributed by atoms with E-state index in [-0.39, 0.29) is 0 Å². The lowest BCUT2D eigenvalue weighted by Crippen LogP contribution is -2.13. The Labute approximate surface area is 196 Å². The minimum absolute atomic E-state index is 0.362. The molecule has 0 aliphatic rings. The number of aryl methyl sites for hydroxylation is 1. The summed E-state index contributed by atoms with van der Waals surface area (Å²) in [7, 11) is 0. The van der Waals surface area contributed by atoms with Gasteiger partial charge in [0, 0.05) is 13.1 Å². The van der Waals surface area contributed by atoms with Crippen molar-refractivity contribution in [1.29, 1.82) is 0 Å². The standard InChI is InChI=1S/C24H24BrCl2NO2/c1-3-29-23-12-19(14-28-13-17-6-4-16(2)5-7-17)10-20(25)24(23)30-15-18-8-9-21(26)22(27)11-18/h4-12,28H,3,13-15H2,1-2H3. The van der Waals surface area contributed by atoms with Crippen LogP contribution < -0.4 is 14.8 Å². The summed E-state index contributed by atoms with van der Waals surface area (Å²) >= 11 is 15.7. The molecule has 3 aromatic carbocycles. The Balaban J connectivity index is 1.68. The van der Waals surface area contributed by atoms with Crippen LogP contribution in [-0.2, 0) is 19.7 Å². The van der Waals surface area contributed by atoms with Crippen LogP contribution in [-0.4, -0.2) is 6.61 Å². The Morgan fingerprint density at radius 3 is 2.23 bits per heavy atom. The molecule has 0 aromatic heterocycles. The second-order valence-corrected chi connectivity index (χ2v) is 8.63. The van der Waals surface area contributed by atoms with Gasteiger partial charge in [-0.1, -0.05) is 59.1 Å². The molecule has 30 heavy (non-hydrogen) atoms. The second-order valence-electron chi connectivity index (χ2n) is 6.96. The first-order chi connectivity index (χ1) is 14.5. The number of benzene rings is 3. The van der Waals surface area contributed by atoms with E-state index in [0.29, 0.717) is 34.8 Å². The summed E-state index contributed by atoms with van der Waals surface area (Å²) in [5.41, 5.74) is 4.56. The van der Waals surface area contributed by atoms with E-state index in [2.05, 4.69) is 58.5 Å². The highest BCUT2D eigenvalue weighted by molar-refractivity contribution is 9.10. The molecule has 0 saturated carbocycles. The molecule has 1 N–H and O–H groups in total. The minimum atomic E-state index is 0.362. The fourth-order valence-corrected chi connectivity index (χ4v) is 3.89. The fraction of sp³-hybridized carbons (Fsp3) is 0.250. The Morgan fingerprint density at radius 2 is 1.53 bits per heavy atom. The van der Waals surface area contributed by atoms with Gasteiger partial charge in [-0.3, -0.25) is 0 Å². The molecule has 158 valence electrons. The van der Waals surface area contributed by atoms with Crippen molar-refractivity contribution < 1.29 is 9.47 Å².